The highest BCUT2D eigenvalue weighted by atomic mass is 127. The summed E-state index contributed by atoms with van der Waals surface area (Å²) in [6, 6.07) is 10.8. The van der Waals surface area contributed by atoms with E-state index in [2.05, 4.69) is 22.6 Å². The molecule has 146 valence electrons. The van der Waals surface area contributed by atoms with Gasteiger partial charge in [-0.1, -0.05) is 23.7 Å². The monoisotopic (exact) mass is 529 g/mol. The topological polar surface area (TPSA) is 55.8 Å². The van der Waals surface area contributed by atoms with Gasteiger partial charge in [0.25, 0.3) is 11.1 Å². The molecule has 1 heterocycles. The van der Waals surface area contributed by atoms with Crippen LogP contribution in [-0.4, -0.2) is 29.8 Å². The van der Waals surface area contributed by atoms with Crippen molar-refractivity contribution < 1.29 is 19.1 Å². The maximum atomic E-state index is 12.7. The van der Waals surface area contributed by atoms with Gasteiger partial charge in [-0.05, 0) is 82.7 Å². The Balaban J connectivity index is 1.86. The van der Waals surface area contributed by atoms with E-state index in [0.29, 0.717) is 28.0 Å². The zero-order valence-corrected chi connectivity index (χ0v) is 18.9. The Morgan fingerprint density at radius 3 is 2.57 bits per heavy atom. The number of thioether (sulfide) groups is 1. The third-order valence-electron chi connectivity index (χ3n) is 3.96. The standard InChI is InChI=1S/C20H17ClINO4S/c1-3-27-16-9-13(8-15(22)18(16)26-2)10-17-19(24)23(20(25)28-17)11-12-4-6-14(21)7-5-12/h4-10H,3,11H2,1-2H3/b17-10-. The third-order valence-corrected chi connectivity index (χ3v) is 5.92. The van der Waals surface area contributed by atoms with Crippen molar-refractivity contribution in [1.29, 1.82) is 0 Å². The SMILES string of the molecule is CCOc1cc(/C=C2\SC(=O)N(Cc3ccc(Cl)cc3)C2=O)cc(I)c1OC. The third kappa shape index (κ3) is 4.64. The smallest absolute Gasteiger partial charge is 0.293 e. The van der Waals surface area contributed by atoms with Crippen molar-refractivity contribution in [2.75, 3.05) is 13.7 Å². The summed E-state index contributed by atoms with van der Waals surface area (Å²) >= 11 is 8.97. The maximum absolute atomic E-state index is 12.7. The zero-order chi connectivity index (χ0) is 20.3. The molecular formula is C20H17ClINO4S. The second-order valence-electron chi connectivity index (χ2n) is 5.86. The van der Waals surface area contributed by atoms with E-state index in [9.17, 15) is 9.59 Å². The average Bonchev–Trinajstić information content (AvgIpc) is 2.91. The van der Waals surface area contributed by atoms with Gasteiger partial charge in [0.1, 0.15) is 0 Å². The van der Waals surface area contributed by atoms with Crippen LogP contribution in [0.5, 0.6) is 11.5 Å². The van der Waals surface area contributed by atoms with Crippen molar-refractivity contribution in [3.63, 3.8) is 0 Å². The average molecular weight is 530 g/mol. The van der Waals surface area contributed by atoms with E-state index < -0.39 is 0 Å². The Morgan fingerprint density at radius 1 is 1.21 bits per heavy atom. The van der Waals surface area contributed by atoms with Gasteiger partial charge in [-0.2, -0.15) is 0 Å². The molecule has 3 rings (SSSR count). The van der Waals surface area contributed by atoms with Gasteiger partial charge in [-0.3, -0.25) is 14.5 Å². The van der Waals surface area contributed by atoms with Crippen LogP contribution in [-0.2, 0) is 11.3 Å². The second kappa shape index (κ2) is 9.19. The first kappa shape index (κ1) is 21.0. The van der Waals surface area contributed by atoms with Gasteiger partial charge < -0.3 is 9.47 Å². The maximum Gasteiger partial charge on any atom is 0.293 e. The molecule has 28 heavy (non-hydrogen) atoms. The summed E-state index contributed by atoms with van der Waals surface area (Å²) in [6.45, 7) is 2.60. The fourth-order valence-electron chi connectivity index (χ4n) is 2.69. The summed E-state index contributed by atoms with van der Waals surface area (Å²) < 4.78 is 11.9. The number of carbonyl (C=O) groups excluding carboxylic acids is 2. The molecular weight excluding hydrogens is 513 g/mol. The number of amides is 2. The summed E-state index contributed by atoms with van der Waals surface area (Å²) in [5, 5.41) is 0.316. The van der Waals surface area contributed by atoms with Crippen LogP contribution in [0.1, 0.15) is 18.1 Å². The highest BCUT2D eigenvalue weighted by molar-refractivity contribution is 14.1. The highest BCUT2D eigenvalue weighted by Crippen LogP contribution is 2.37. The lowest BCUT2D eigenvalue weighted by molar-refractivity contribution is -0.123. The number of carbonyl (C=O) groups is 2. The number of imide groups is 1. The summed E-state index contributed by atoms with van der Waals surface area (Å²) in [7, 11) is 1.59. The normalized spacial score (nSPS) is 15.4. The van der Waals surface area contributed by atoms with E-state index >= 15 is 0 Å². The van der Waals surface area contributed by atoms with Crippen molar-refractivity contribution in [3.8, 4) is 11.5 Å². The number of rotatable bonds is 6. The van der Waals surface area contributed by atoms with Crippen LogP contribution >= 0.6 is 46.0 Å². The van der Waals surface area contributed by atoms with E-state index in [-0.39, 0.29) is 17.7 Å². The van der Waals surface area contributed by atoms with Gasteiger partial charge in [-0.15, -0.1) is 0 Å². The fourth-order valence-corrected chi connectivity index (χ4v) is 4.50. The molecule has 8 heteroatoms. The summed E-state index contributed by atoms with van der Waals surface area (Å²) in [5.41, 5.74) is 1.61. The molecule has 0 saturated carbocycles. The fraction of sp³-hybridized carbons (Fsp3) is 0.200. The molecule has 1 aliphatic heterocycles. The minimum atomic E-state index is -0.311. The van der Waals surface area contributed by atoms with E-state index in [1.165, 1.54) is 4.90 Å². The van der Waals surface area contributed by atoms with Crippen molar-refractivity contribution in [1.82, 2.24) is 4.90 Å². The Kier molecular flexibility index (Phi) is 6.90. The largest absolute Gasteiger partial charge is 0.492 e. The predicted molar refractivity (Wildman–Crippen MR) is 120 cm³/mol. The predicted octanol–water partition coefficient (Wildman–Crippen LogP) is 5.59. The number of halogens is 2. The quantitative estimate of drug-likeness (QED) is 0.361. The van der Waals surface area contributed by atoms with Crippen LogP contribution in [0.15, 0.2) is 41.3 Å². The molecule has 0 atom stereocenters. The van der Waals surface area contributed by atoms with Crippen molar-refractivity contribution >= 4 is 63.2 Å². The molecule has 1 aliphatic rings. The molecule has 2 aromatic carbocycles. The minimum absolute atomic E-state index is 0.212. The van der Waals surface area contributed by atoms with E-state index in [1.54, 1.807) is 43.5 Å². The number of nitrogens with zero attached hydrogens (tertiary/aromatic N) is 1. The van der Waals surface area contributed by atoms with E-state index in [0.717, 1.165) is 26.5 Å². The van der Waals surface area contributed by atoms with Gasteiger partial charge in [0.2, 0.25) is 0 Å². The molecule has 0 radical (unpaired) electrons. The number of hydrogen-bond acceptors (Lipinski definition) is 5. The van der Waals surface area contributed by atoms with Gasteiger partial charge >= 0.3 is 0 Å². The first-order valence-corrected chi connectivity index (χ1v) is 10.7. The van der Waals surface area contributed by atoms with Gasteiger partial charge in [0.05, 0.1) is 28.7 Å². The van der Waals surface area contributed by atoms with Crippen LogP contribution in [0.2, 0.25) is 5.02 Å². The Morgan fingerprint density at radius 2 is 1.93 bits per heavy atom. The number of ether oxygens (including phenoxy) is 2. The Labute approximate surface area is 186 Å². The van der Waals surface area contributed by atoms with Gasteiger partial charge in [0.15, 0.2) is 11.5 Å². The molecule has 0 spiro atoms. The van der Waals surface area contributed by atoms with Crippen LogP contribution in [0.4, 0.5) is 4.79 Å². The molecule has 5 nitrogen and oxygen atoms in total. The summed E-state index contributed by atoms with van der Waals surface area (Å²) in [5.74, 6) is 0.938. The number of hydrogen-bond donors (Lipinski definition) is 0. The van der Waals surface area contributed by atoms with Gasteiger partial charge in [0, 0.05) is 5.02 Å². The molecule has 0 N–H and O–H groups in total. The van der Waals surface area contributed by atoms with Crippen LogP contribution < -0.4 is 9.47 Å². The lowest BCUT2D eigenvalue weighted by Gasteiger charge is -2.13. The Hall–Kier alpha value is -1.71. The molecule has 1 fully saturated rings. The van der Waals surface area contributed by atoms with Crippen LogP contribution in [0, 0.1) is 3.57 Å². The molecule has 0 aromatic heterocycles. The van der Waals surface area contributed by atoms with E-state index in [4.69, 9.17) is 21.1 Å². The first-order valence-electron chi connectivity index (χ1n) is 8.43. The Bertz CT molecular complexity index is 946. The highest BCUT2D eigenvalue weighted by Gasteiger charge is 2.35. The first-order chi connectivity index (χ1) is 13.4. The molecule has 0 aliphatic carbocycles. The summed E-state index contributed by atoms with van der Waals surface area (Å²) in [6.07, 6.45) is 1.71. The zero-order valence-electron chi connectivity index (χ0n) is 15.2. The number of methoxy groups -OCH3 is 1. The van der Waals surface area contributed by atoms with Crippen LogP contribution in [0.25, 0.3) is 6.08 Å². The van der Waals surface area contributed by atoms with E-state index in [1.807, 2.05) is 13.0 Å². The van der Waals surface area contributed by atoms with Gasteiger partial charge in [-0.25, -0.2) is 0 Å². The molecule has 0 bridgehead atoms. The number of benzene rings is 2. The lowest BCUT2D eigenvalue weighted by atomic mass is 10.1. The summed E-state index contributed by atoms with van der Waals surface area (Å²) in [4.78, 5) is 26.7. The molecule has 0 unspecified atom stereocenters. The van der Waals surface area contributed by atoms with Crippen molar-refractivity contribution in [2.24, 2.45) is 0 Å². The van der Waals surface area contributed by atoms with Crippen molar-refractivity contribution in [3.05, 3.63) is 61.0 Å². The molecule has 2 aromatic rings. The van der Waals surface area contributed by atoms with Crippen molar-refractivity contribution in [2.45, 2.75) is 13.5 Å². The second-order valence-corrected chi connectivity index (χ2v) is 8.45. The van der Waals surface area contributed by atoms with Crippen LogP contribution in [0.3, 0.4) is 0 Å². The minimum Gasteiger partial charge on any atom is -0.492 e. The molecule has 1 saturated heterocycles. The lowest BCUT2D eigenvalue weighted by Crippen LogP contribution is -2.27. The molecule has 2 amide bonds.